The molecule has 0 unspecified atom stereocenters. The molecular formula is C31H36OSi. The Labute approximate surface area is 200 Å². The minimum Gasteiger partial charge on any atom is -0.392 e. The number of aryl methyl sites for hydroxylation is 1. The largest absolute Gasteiger partial charge is 0.392 e. The average Bonchev–Trinajstić information content (AvgIpc) is 2.78. The van der Waals surface area contributed by atoms with E-state index in [9.17, 15) is 5.11 Å². The summed E-state index contributed by atoms with van der Waals surface area (Å²) in [6, 6.07) is 24.3. The second kappa shape index (κ2) is 8.93. The number of hydrogen-bond acceptors (Lipinski definition) is 1. The van der Waals surface area contributed by atoms with Crippen LogP contribution in [0.3, 0.4) is 0 Å². The fourth-order valence-electron chi connectivity index (χ4n) is 4.73. The normalized spacial score (nSPS) is 15.7. The molecule has 0 atom stereocenters. The van der Waals surface area contributed by atoms with E-state index in [1.165, 1.54) is 44.2 Å². The van der Waals surface area contributed by atoms with Crippen LogP contribution < -0.4 is 0 Å². The van der Waals surface area contributed by atoms with E-state index >= 15 is 0 Å². The first-order valence-corrected chi connectivity index (χ1v) is 15.4. The molecule has 1 aliphatic carbocycles. The summed E-state index contributed by atoms with van der Waals surface area (Å²) in [6.45, 7) is 14.2. The van der Waals surface area contributed by atoms with Gasteiger partial charge >= 0.3 is 0 Å². The van der Waals surface area contributed by atoms with Crippen molar-refractivity contribution in [3.05, 3.63) is 112 Å². The summed E-state index contributed by atoms with van der Waals surface area (Å²) < 4.78 is 0. The molecule has 2 heteroatoms. The van der Waals surface area contributed by atoms with Gasteiger partial charge in [0.15, 0.2) is 0 Å². The van der Waals surface area contributed by atoms with Crippen LogP contribution in [0.4, 0.5) is 0 Å². The Bertz CT molecular complexity index is 1200. The standard InChI is InChI=1S/C31H36OSi/c1-22-7-13-25(14-8-22)27-17-18-31(2,3)29-16-15-26(20-28(27)29)30(33(4,5)6)19-23-9-11-24(21-32)12-10-23/h7-17,19-20,32H,18,21H2,1-6H3/b30-19-. The molecule has 0 saturated carbocycles. The fraction of sp³-hybridized carbons (Fsp3) is 0.290. The maximum absolute atomic E-state index is 9.39. The van der Waals surface area contributed by atoms with Crippen LogP contribution in [0.2, 0.25) is 19.6 Å². The van der Waals surface area contributed by atoms with Gasteiger partial charge in [-0.05, 0) is 63.8 Å². The molecule has 170 valence electrons. The lowest BCUT2D eigenvalue weighted by Gasteiger charge is -2.33. The third-order valence-electron chi connectivity index (χ3n) is 6.81. The van der Waals surface area contributed by atoms with Crippen LogP contribution in [-0.2, 0) is 12.0 Å². The molecule has 0 heterocycles. The van der Waals surface area contributed by atoms with Gasteiger partial charge in [0.25, 0.3) is 0 Å². The first-order valence-electron chi connectivity index (χ1n) is 11.9. The Morgan fingerprint density at radius 1 is 0.939 bits per heavy atom. The van der Waals surface area contributed by atoms with E-state index in [2.05, 4.69) is 107 Å². The number of hydrogen-bond donors (Lipinski definition) is 1. The molecule has 0 amide bonds. The lowest BCUT2D eigenvalue weighted by Crippen LogP contribution is -2.25. The van der Waals surface area contributed by atoms with E-state index in [0.29, 0.717) is 0 Å². The van der Waals surface area contributed by atoms with Gasteiger partial charge in [0.05, 0.1) is 14.7 Å². The number of aliphatic hydroxyl groups excluding tert-OH is 1. The van der Waals surface area contributed by atoms with Crippen molar-refractivity contribution in [3.63, 3.8) is 0 Å². The fourth-order valence-corrected chi connectivity index (χ4v) is 6.35. The summed E-state index contributed by atoms with van der Waals surface area (Å²) in [5.74, 6) is 0. The molecule has 1 aliphatic rings. The number of fused-ring (bicyclic) bond motifs is 1. The number of aliphatic hydroxyl groups is 1. The second-order valence-electron chi connectivity index (χ2n) is 11.0. The molecule has 0 bridgehead atoms. The molecule has 1 nitrogen and oxygen atoms in total. The Kier molecular flexibility index (Phi) is 6.35. The summed E-state index contributed by atoms with van der Waals surface area (Å²) in [5.41, 5.74) is 10.4. The molecule has 4 rings (SSSR count). The van der Waals surface area contributed by atoms with Crippen LogP contribution in [0.5, 0.6) is 0 Å². The molecule has 0 fully saturated rings. The van der Waals surface area contributed by atoms with E-state index in [4.69, 9.17) is 0 Å². The number of allylic oxidation sites excluding steroid dienone is 1. The molecule has 0 radical (unpaired) electrons. The smallest absolute Gasteiger partial charge is 0.0784 e. The molecular weight excluding hydrogens is 416 g/mol. The molecule has 0 spiro atoms. The highest BCUT2D eigenvalue weighted by Gasteiger charge is 2.30. The molecule has 0 saturated heterocycles. The van der Waals surface area contributed by atoms with Crippen molar-refractivity contribution < 1.29 is 5.11 Å². The van der Waals surface area contributed by atoms with E-state index in [-0.39, 0.29) is 12.0 Å². The summed E-state index contributed by atoms with van der Waals surface area (Å²) in [6.07, 6.45) is 5.84. The summed E-state index contributed by atoms with van der Waals surface area (Å²) in [5, 5.41) is 10.8. The van der Waals surface area contributed by atoms with Crippen LogP contribution in [-0.4, -0.2) is 13.2 Å². The van der Waals surface area contributed by atoms with Crippen LogP contribution in [0.25, 0.3) is 16.8 Å². The molecule has 3 aromatic rings. The van der Waals surface area contributed by atoms with Crippen LogP contribution in [0.1, 0.15) is 59.2 Å². The third-order valence-corrected chi connectivity index (χ3v) is 8.86. The van der Waals surface area contributed by atoms with Crippen molar-refractivity contribution in [3.8, 4) is 0 Å². The topological polar surface area (TPSA) is 20.2 Å². The zero-order valence-electron chi connectivity index (χ0n) is 20.9. The summed E-state index contributed by atoms with van der Waals surface area (Å²) in [4.78, 5) is 0. The van der Waals surface area contributed by atoms with Crippen molar-refractivity contribution in [2.24, 2.45) is 0 Å². The molecule has 33 heavy (non-hydrogen) atoms. The number of rotatable bonds is 5. The van der Waals surface area contributed by atoms with Crippen molar-refractivity contribution in [1.82, 2.24) is 0 Å². The minimum atomic E-state index is -1.63. The predicted octanol–water partition coefficient (Wildman–Crippen LogP) is 8.02. The molecule has 0 aromatic heterocycles. The lowest BCUT2D eigenvalue weighted by atomic mass is 9.72. The predicted molar refractivity (Wildman–Crippen MR) is 146 cm³/mol. The van der Waals surface area contributed by atoms with Crippen LogP contribution >= 0.6 is 0 Å². The van der Waals surface area contributed by atoms with Crippen molar-refractivity contribution in [2.45, 2.75) is 58.9 Å². The van der Waals surface area contributed by atoms with Crippen LogP contribution in [0, 0.1) is 6.92 Å². The number of benzene rings is 3. The third kappa shape index (κ3) is 4.97. The minimum absolute atomic E-state index is 0.0829. The quantitative estimate of drug-likeness (QED) is 0.307. The highest BCUT2D eigenvalue weighted by Crippen LogP contribution is 2.43. The Morgan fingerprint density at radius 2 is 1.61 bits per heavy atom. The van der Waals surface area contributed by atoms with Gasteiger partial charge in [0.2, 0.25) is 0 Å². The van der Waals surface area contributed by atoms with Crippen LogP contribution in [0.15, 0.2) is 72.8 Å². The zero-order chi connectivity index (χ0) is 23.8. The van der Waals surface area contributed by atoms with Crippen molar-refractivity contribution in [1.29, 1.82) is 0 Å². The maximum atomic E-state index is 9.39. The van der Waals surface area contributed by atoms with E-state index in [1.54, 1.807) is 0 Å². The van der Waals surface area contributed by atoms with Gasteiger partial charge in [-0.25, -0.2) is 0 Å². The SMILES string of the molecule is Cc1ccc(C2=CCC(C)(C)c3ccc(/C(=C/c4ccc(CO)cc4)[Si](C)(C)C)cc32)cc1. The van der Waals surface area contributed by atoms with E-state index < -0.39 is 8.07 Å². The lowest BCUT2D eigenvalue weighted by molar-refractivity contribution is 0.282. The van der Waals surface area contributed by atoms with Gasteiger partial charge in [-0.1, -0.05) is 117 Å². The van der Waals surface area contributed by atoms with Crippen molar-refractivity contribution in [2.75, 3.05) is 0 Å². The van der Waals surface area contributed by atoms with Gasteiger partial charge in [0, 0.05) is 0 Å². The average molecular weight is 453 g/mol. The van der Waals surface area contributed by atoms with E-state index in [0.717, 1.165) is 12.0 Å². The summed E-state index contributed by atoms with van der Waals surface area (Å²) in [7, 11) is -1.63. The zero-order valence-corrected chi connectivity index (χ0v) is 21.9. The summed E-state index contributed by atoms with van der Waals surface area (Å²) >= 11 is 0. The molecule has 0 aliphatic heterocycles. The van der Waals surface area contributed by atoms with Gasteiger partial charge < -0.3 is 5.11 Å². The Hall–Kier alpha value is -2.68. The van der Waals surface area contributed by atoms with Gasteiger partial charge in [-0.3, -0.25) is 0 Å². The van der Waals surface area contributed by atoms with Gasteiger partial charge in [-0.15, -0.1) is 0 Å². The highest BCUT2D eigenvalue weighted by atomic mass is 28.3. The first kappa shape index (κ1) is 23.5. The Balaban J connectivity index is 1.85. The molecule has 3 aromatic carbocycles. The van der Waals surface area contributed by atoms with Gasteiger partial charge in [-0.2, -0.15) is 0 Å². The second-order valence-corrected chi connectivity index (χ2v) is 16.1. The Morgan fingerprint density at radius 3 is 2.21 bits per heavy atom. The van der Waals surface area contributed by atoms with Crippen molar-refractivity contribution >= 4 is 24.9 Å². The maximum Gasteiger partial charge on any atom is 0.0784 e. The molecule has 1 N–H and O–H groups in total. The monoisotopic (exact) mass is 452 g/mol. The van der Waals surface area contributed by atoms with Gasteiger partial charge in [0.1, 0.15) is 0 Å². The van der Waals surface area contributed by atoms with E-state index in [1.807, 2.05) is 12.1 Å². The highest BCUT2D eigenvalue weighted by molar-refractivity contribution is 6.94. The first-order chi connectivity index (χ1) is 15.6.